The minimum atomic E-state index is -0.868. The molecule has 33 heavy (non-hydrogen) atoms. The first-order chi connectivity index (χ1) is 15.7. The molecule has 1 atom stereocenters. The first kappa shape index (κ1) is 22.9. The van der Waals surface area contributed by atoms with Crippen LogP contribution >= 0.6 is 23.2 Å². The first-order valence-corrected chi connectivity index (χ1v) is 11.0. The molecule has 1 aliphatic heterocycles. The summed E-state index contributed by atoms with van der Waals surface area (Å²) < 4.78 is 5.41. The van der Waals surface area contributed by atoms with Crippen LogP contribution in [0.15, 0.2) is 66.2 Å². The smallest absolute Gasteiger partial charge is 0.300 e. The lowest BCUT2D eigenvalue weighted by molar-refractivity contribution is -0.132. The lowest BCUT2D eigenvalue weighted by atomic mass is 9.93. The third-order valence-electron chi connectivity index (χ3n) is 5.54. The van der Waals surface area contributed by atoms with E-state index in [4.69, 9.17) is 27.9 Å². The number of aliphatic hydroxyl groups is 1. The highest BCUT2D eigenvalue weighted by atomic mass is 35.5. The Labute approximate surface area is 201 Å². The van der Waals surface area contributed by atoms with Gasteiger partial charge in [0.25, 0.3) is 11.7 Å². The fourth-order valence-corrected chi connectivity index (χ4v) is 4.67. The van der Waals surface area contributed by atoms with E-state index in [1.165, 1.54) is 12.0 Å². The quantitative estimate of drug-likeness (QED) is 0.271. The van der Waals surface area contributed by atoms with Crippen molar-refractivity contribution in [2.45, 2.75) is 19.9 Å². The number of nitrogens with zero attached hydrogens (tertiary/aromatic N) is 1. The normalized spacial score (nSPS) is 17.5. The summed E-state index contributed by atoms with van der Waals surface area (Å²) in [4.78, 5) is 27.9. The van der Waals surface area contributed by atoms with Crippen LogP contribution in [0.1, 0.15) is 28.3 Å². The number of aryl methyl sites for hydroxylation is 2. The number of ketones is 1. The Balaban J connectivity index is 2.02. The van der Waals surface area contributed by atoms with Gasteiger partial charge in [0.15, 0.2) is 0 Å². The molecule has 0 bridgehead atoms. The second kappa shape index (κ2) is 8.93. The fraction of sp³-hybridized carbons (Fsp3) is 0.154. The van der Waals surface area contributed by atoms with Gasteiger partial charge in [0.1, 0.15) is 11.5 Å². The van der Waals surface area contributed by atoms with Crippen molar-refractivity contribution in [3.63, 3.8) is 0 Å². The number of Topliss-reactive ketones (excluding diaryl/α,β-unsaturated/α-hetero) is 1. The number of carbonyl (C=O) groups is 2. The maximum atomic E-state index is 13.3. The molecule has 4 rings (SSSR count). The maximum Gasteiger partial charge on any atom is 0.300 e. The van der Waals surface area contributed by atoms with E-state index >= 15 is 0 Å². The number of carbonyl (C=O) groups excluding carboxylic acids is 2. The van der Waals surface area contributed by atoms with Crippen LogP contribution in [0.25, 0.3) is 5.76 Å². The zero-order valence-corrected chi connectivity index (χ0v) is 19.7. The van der Waals surface area contributed by atoms with Crippen LogP contribution in [0.3, 0.4) is 0 Å². The number of anilines is 1. The van der Waals surface area contributed by atoms with Crippen molar-refractivity contribution in [1.82, 2.24) is 0 Å². The Morgan fingerprint density at radius 1 is 0.970 bits per heavy atom. The number of methoxy groups -OCH3 is 1. The second-order valence-electron chi connectivity index (χ2n) is 7.89. The van der Waals surface area contributed by atoms with Gasteiger partial charge in [-0.25, -0.2) is 0 Å². The molecule has 0 saturated carbocycles. The van der Waals surface area contributed by atoms with Crippen molar-refractivity contribution >= 4 is 46.3 Å². The van der Waals surface area contributed by atoms with Gasteiger partial charge in [-0.15, -0.1) is 0 Å². The van der Waals surface area contributed by atoms with Gasteiger partial charge in [-0.3, -0.25) is 14.5 Å². The zero-order valence-electron chi connectivity index (χ0n) is 18.2. The first-order valence-electron chi connectivity index (χ1n) is 10.2. The summed E-state index contributed by atoms with van der Waals surface area (Å²) in [7, 11) is 1.43. The number of aliphatic hydroxyl groups excluding tert-OH is 1. The van der Waals surface area contributed by atoms with Crippen LogP contribution in [-0.2, 0) is 9.59 Å². The number of benzene rings is 3. The molecule has 1 unspecified atom stereocenters. The van der Waals surface area contributed by atoms with Gasteiger partial charge >= 0.3 is 0 Å². The summed E-state index contributed by atoms with van der Waals surface area (Å²) in [6.45, 7) is 3.73. The lowest BCUT2D eigenvalue weighted by Gasteiger charge is -2.26. The van der Waals surface area contributed by atoms with Crippen LogP contribution in [0.5, 0.6) is 5.75 Å². The number of halogens is 2. The van der Waals surface area contributed by atoms with E-state index in [2.05, 4.69) is 0 Å². The molecular weight excluding hydrogens is 461 g/mol. The Hall–Kier alpha value is -3.28. The molecule has 0 spiro atoms. The van der Waals surface area contributed by atoms with E-state index in [0.717, 1.165) is 11.1 Å². The van der Waals surface area contributed by atoms with E-state index in [-0.39, 0.29) is 27.7 Å². The third-order valence-corrected chi connectivity index (χ3v) is 6.05. The van der Waals surface area contributed by atoms with Crippen molar-refractivity contribution < 1.29 is 19.4 Å². The number of hydrogen-bond donors (Lipinski definition) is 1. The molecule has 168 valence electrons. The average molecular weight is 482 g/mol. The van der Waals surface area contributed by atoms with Crippen molar-refractivity contribution in [2.24, 2.45) is 0 Å². The lowest BCUT2D eigenvalue weighted by Crippen LogP contribution is -2.29. The van der Waals surface area contributed by atoms with Gasteiger partial charge < -0.3 is 9.84 Å². The zero-order chi connectivity index (χ0) is 23.9. The van der Waals surface area contributed by atoms with Gasteiger partial charge in [0.2, 0.25) is 0 Å². The molecule has 1 heterocycles. The average Bonchev–Trinajstić information content (AvgIpc) is 3.03. The van der Waals surface area contributed by atoms with E-state index in [1.807, 2.05) is 38.1 Å². The highest BCUT2D eigenvalue weighted by Gasteiger charge is 2.47. The van der Waals surface area contributed by atoms with Crippen LogP contribution in [0.2, 0.25) is 10.0 Å². The molecule has 7 heteroatoms. The summed E-state index contributed by atoms with van der Waals surface area (Å²) >= 11 is 12.5. The number of hydrogen-bond acceptors (Lipinski definition) is 4. The minimum absolute atomic E-state index is 0.0504. The number of rotatable bonds is 4. The summed E-state index contributed by atoms with van der Waals surface area (Å²) in [6, 6.07) is 16.6. The van der Waals surface area contributed by atoms with Gasteiger partial charge in [-0.05, 0) is 55.3 Å². The Morgan fingerprint density at radius 2 is 1.70 bits per heavy atom. The number of ether oxygens (including phenoxy) is 1. The molecule has 0 aliphatic carbocycles. The predicted octanol–water partition coefficient (Wildman–Crippen LogP) is 6.25. The fourth-order valence-electron chi connectivity index (χ4n) is 4.14. The highest BCUT2D eigenvalue weighted by Crippen LogP contribution is 2.44. The van der Waals surface area contributed by atoms with E-state index in [1.54, 1.807) is 36.4 Å². The minimum Gasteiger partial charge on any atom is -0.507 e. The predicted molar refractivity (Wildman–Crippen MR) is 130 cm³/mol. The third kappa shape index (κ3) is 4.10. The summed E-state index contributed by atoms with van der Waals surface area (Å²) in [5.74, 6) is -1.70. The standard InChI is InChI=1S/C26H21Cl2NO4/c1-14-6-4-7-16(10-14)22-21(23(30)19-11-15(2)12-20(28)25(19)33-3)24(31)26(32)29(22)18-9-5-8-17(27)13-18/h4-13,22,30H,1-3H3/b23-21+. The van der Waals surface area contributed by atoms with Gasteiger partial charge in [0.05, 0.1) is 29.3 Å². The van der Waals surface area contributed by atoms with Crippen LogP contribution in [0.4, 0.5) is 5.69 Å². The van der Waals surface area contributed by atoms with Crippen molar-refractivity contribution in [1.29, 1.82) is 0 Å². The van der Waals surface area contributed by atoms with Crippen molar-refractivity contribution in [3.8, 4) is 5.75 Å². The topological polar surface area (TPSA) is 66.8 Å². The van der Waals surface area contributed by atoms with Crippen LogP contribution in [-0.4, -0.2) is 23.9 Å². The molecule has 1 amide bonds. The van der Waals surface area contributed by atoms with E-state index < -0.39 is 17.7 Å². The van der Waals surface area contributed by atoms with Gasteiger partial charge in [-0.2, -0.15) is 0 Å². The van der Waals surface area contributed by atoms with Crippen molar-refractivity contribution in [2.75, 3.05) is 12.0 Å². The SMILES string of the molecule is COc1c(Cl)cc(C)cc1/C(O)=C1\C(=O)C(=O)N(c2cccc(Cl)c2)C1c1cccc(C)c1. The van der Waals surface area contributed by atoms with Crippen LogP contribution in [0, 0.1) is 13.8 Å². The Bertz CT molecular complexity index is 1320. The van der Waals surface area contributed by atoms with Gasteiger partial charge in [-0.1, -0.05) is 59.1 Å². The molecule has 0 aromatic heterocycles. The monoisotopic (exact) mass is 481 g/mol. The molecule has 3 aromatic rings. The highest BCUT2D eigenvalue weighted by molar-refractivity contribution is 6.52. The molecule has 1 aliphatic rings. The van der Waals surface area contributed by atoms with Gasteiger partial charge in [0, 0.05) is 10.7 Å². The van der Waals surface area contributed by atoms with E-state index in [0.29, 0.717) is 16.3 Å². The second-order valence-corrected chi connectivity index (χ2v) is 8.73. The molecule has 1 fully saturated rings. The molecular formula is C26H21Cl2NO4. The van der Waals surface area contributed by atoms with E-state index in [9.17, 15) is 14.7 Å². The molecule has 3 aromatic carbocycles. The largest absolute Gasteiger partial charge is 0.507 e. The van der Waals surface area contributed by atoms with Crippen LogP contribution < -0.4 is 9.64 Å². The molecule has 1 N–H and O–H groups in total. The number of amides is 1. The molecule has 5 nitrogen and oxygen atoms in total. The maximum absolute atomic E-state index is 13.3. The summed E-state index contributed by atoms with van der Waals surface area (Å²) in [5.41, 5.74) is 3.02. The molecule has 1 saturated heterocycles. The van der Waals surface area contributed by atoms with Crippen molar-refractivity contribution in [3.05, 3.63) is 98.5 Å². The Kier molecular flexibility index (Phi) is 6.19. The summed E-state index contributed by atoms with van der Waals surface area (Å²) in [5, 5.41) is 12.1. The molecule has 0 radical (unpaired) electrons. The summed E-state index contributed by atoms with van der Waals surface area (Å²) in [6.07, 6.45) is 0. The Morgan fingerprint density at radius 3 is 2.36 bits per heavy atom.